The van der Waals surface area contributed by atoms with E-state index < -0.39 is 6.10 Å². The van der Waals surface area contributed by atoms with E-state index in [0.29, 0.717) is 24.3 Å². The minimum absolute atomic E-state index is 0.0268. The summed E-state index contributed by atoms with van der Waals surface area (Å²) in [5, 5.41) is 14.9. The van der Waals surface area contributed by atoms with Gasteiger partial charge in [0.2, 0.25) is 0 Å². The molecule has 0 aromatic carbocycles. The summed E-state index contributed by atoms with van der Waals surface area (Å²) in [5.41, 5.74) is 0.176. The van der Waals surface area contributed by atoms with E-state index in [2.05, 4.69) is 42.1 Å². The predicted octanol–water partition coefficient (Wildman–Crippen LogP) is 1.46. The number of carbonyl (C=O) groups excluding carboxylic acids is 1. The number of amides is 1. The number of carbonyl (C=O) groups is 1. The van der Waals surface area contributed by atoms with Crippen molar-refractivity contribution in [3.05, 3.63) is 44.9 Å². The fourth-order valence-corrected chi connectivity index (χ4v) is 4.35. The lowest BCUT2D eigenvalue weighted by molar-refractivity contribution is -0.139. The number of nitriles is 1. The molecular weight excluding hydrogens is 480 g/mol. The molecule has 2 aliphatic heterocycles. The van der Waals surface area contributed by atoms with Gasteiger partial charge in [-0.05, 0) is 40.9 Å². The van der Waals surface area contributed by atoms with E-state index in [1.54, 1.807) is 12.3 Å². The molecule has 1 amide bonds. The number of nitrogens with one attached hydrogen (secondary N) is 1. The summed E-state index contributed by atoms with van der Waals surface area (Å²) in [6.45, 7) is 2.76. The van der Waals surface area contributed by atoms with Crippen LogP contribution in [0.5, 0.6) is 5.75 Å². The molecule has 4 heterocycles. The first-order valence-corrected chi connectivity index (χ1v) is 11.3. The Hall–Kier alpha value is -2.97. The van der Waals surface area contributed by atoms with Crippen molar-refractivity contribution in [1.29, 1.82) is 5.26 Å². The number of piperidine rings is 1. The predicted molar refractivity (Wildman–Crippen MR) is 118 cm³/mol. The second-order valence-electron chi connectivity index (χ2n) is 7.64. The maximum absolute atomic E-state index is 12.8. The summed E-state index contributed by atoms with van der Waals surface area (Å²) < 4.78 is 11.5. The summed E-state index contributed by atoms with van der Waals surface area (Å²) in [7, 11) is 0. The van der Waals surface area contributed by atoms with Crippen LogP contribution in [0.3, 0.4) is 0 Å². The molecule has 2 saturated heterocycles. The van der Waals surface area contributed by atoms with Crippen molar-refractivity contribution in [3.8, 4) is 11.8 Å². The van der Waals surface area contributed by atoms with Crippen molar-refractivity contribution >= 4 is 27.7 Å². The Labute approximate surface area is 193 Å². The molecule has 0 bridgehead atoms. The van der Waals surface area contributed by atoms with Gasteiger partial charge in [0.15, 0.2) is 5.75 Å². The minimum Gasteiger partial charge on any atom is -0.488 e. The van der Waals surface area contributed by atoms with Crippen LogP contribution in [0.1, 0.15) is 24.8 Å². The third-order valence-corrected chi connectivity index (χ3v) is 6.47. The average molecular weight is 503 g/mol. The van der Waals surface area contributed by atoms with Crippen LogP contribution in [-0.4, -0.2) is 71.0 Å². The molecule has 0 spiro atoms. The molecule has 32 heavy (non-hydrogen) atoms. The Balaban J connectivity index is 1.22. The number of anilines is 1. The molecule has 1 unspecified atom stereocenters. The molecule has 4 rings (SSSR count). The van der Waals surface area contributed by atoms with Crippen LogP contribution >= 0.6 is 15.9 Å². The van der Waals surface area contributed by atoms with Gasteiger partial charge in [-0.25, -0.2) is 10.1 Å². The van der Waals surface area contributed by atoms with Gasteiger partial charge in [-0.2, -0.15) is 10.4 Å². The highest BCUT2D eigenvalue weighted by atomic mass is 79.9. The Morgan fingerprint density at radius 1 is 1.16 bits per heavy atom. The van der Waals surface area contributed by atoms with Gasteiger partial charge in [0.05, 0.1) is 18.4 Å². The lowest BCUT2D eigenvalue weighted by Crippen LogP contribution is -2.47. The fraction of sp³-hybridized carbons (Fsp3) is 0.476. The highest BCUT2D eigenvalue weighted by Gasteiger charge is 2.37. The highest BCUT2D eigenvalue weighted by Crippen LogP contribution is 2.26. The second kappa shape index (κ2) is 10.1. The standard InChI is InChI=1S/C21H23BrN6O4/c22-19-17(13-25-26-20(19)29)32-10-9-31-16-5-8-28(21(16)30)15-3-6-27(7-4-15)18-2-1-14(11-23)12-24-18/h1-2,12-13,15-16H,3-10H2,(H,26,29). The van der Waals surface area contributed by atoms with Gasteiger partial charge >= 0.3 is 0 Å². The number of pyridine rings is 1. The van der Waals surface area contributed by atoms with E-state index in [-0.39, 0.29) is 35.2 Å². The van der Waals surface area contributed by atoms with Crippen molar-refractivity contribution < 1.29 is 14.3 Å². The van der Waals surface area contributed by atoms with E-state index in [4.69, 9.17) is 14.7 Å². The van der Waals surface area contributed by atoms with Crippen LogP contribution in [0.25, 0.3) is 0 Å². The molecule has 0 aliphatic carbocycles. The number of nitrogens with zero attached hydrogens (tertiary/aromatic N) is 5. The maximum Gasteiger partial charge on any atom is 0.282 e. The topological polar surface area (TPSA) is 124 Å². The van der Waals surface area contributed by atoms with E-state index in [9.17, 15) is 9.59 Å². The molecule has 11 heteroatoms. The van der Waals surface area contributed by atoms with Gasteiger partial charge in [0.1, 0.15) is 29.1 Å². The van der Waals surface area contributed by atoms with Crippen LogP contribution in [0.15, 0.2) is 33.8 Å². The van der Waals surface area contributed by atoms with Crippen LogP contribution in [0.4, 0.5) is 5.82 Å². The molecule has 1 atom stereocenters. The van der Waals surface area contributed by atoms with Crippen molar-refractivity contribution in [3.63, 3.8) is 0 Å². The minimum atomic E-state index is -0.461. The smallest absolute Gasteiger partial charge is 0.282 e. The summed E-state index contributed by atoms with van der Waals surface area (Å²) >= 11 is 3.15. The number of likely N-dealkylation sites (tertiary alicyclic amines) is 1. The molecular formula is C21H23BrN6O4. The zero-order valence-corrected chi connectivity index (χ0v) is 19.0. The number of aromatic nitrogens is 3. The summed E-state index contributed by atoms with van der Waals surface area (Å²) in [6, 6.07) is 5.91. The summed E-state index contributed by atoms with van der Waals surface area (Å²) in [5.74, 6) is 1.22. The third kappa shape index (κ3) is 4.92. The van der Waals surface area contributed by atoms with Crippen molar-refractivity contribution in [1.82, 2.24) is 20.1 Å². The van der Waals surface area contributed by atoms with E-state index in [1.807, 2.05) is 11.0 Å². The number of rotatable bonds is 7. The van der Waals surface area contributed by atoms with Crippen LogP contribution in [0.2, 0.25) is 0 Å². The number of halogens is 1. The molecule has 2 fully saturated rings. The first-order chi connectivity index (χ1) is 15.6. The Kier molecular flexibility index (Phi) is 7.02. The number of aromatic amines is 1. The molecule has 0 saturated carbocycles. The van der Waals surface area contributed by atoms with Crippen molar-refractivity contribution in [2.75, 3.05) is 37.7 Å². The van der Waals surface area contributed by atoms with Crippen LogP contribution < -0.4 is 15.2 Å². The normalized spacial score (nSPS) is 19.2. The lowest BCUT2D eigenvalue weighted by atomic mass is 10.0. The first kappa shape index (κ1) is 22.2. The van der Waals surface area contributed by atoms with Crippen molar-refractivity contribution in [2.45, 2.75) is 31.4 Å². The monoisotopic (exact) mass is 502 g/mol. The van der Waals surface area contributed by atoms with Gasteiger partial charge in [-0.15, -0.1) is 0 Å². The third-order valence-electron chi connectivity index (χ3n) is 5.72. The molecule has 0 radical (unpaired) electrons. The maximum atomic E-state index is 12.8. The van der Waals surface area contributed by atoms with E-state index in [1.165, 1.54) is 6.20 Å². The summed E-state index contributed by atoms with van der Waals surface area (Å²) in [6.07, 6.45) is 4.93. The first-order valence-electron chi connectivity index (χ1n) is 10.5. The number of H-pyrrole nitrogens is 1. The largest absolute Gasteiger partial charge is 0.488 e. The molecule has 2 aromatic heterocycles. The number of hydrogen-bond acceptors (Lipinski definition) is 8. The number of ether oxygens (including phenoxy) is 2. The fourth-order valence-electron chi connectivity index (χ4n) is 4.05. The molecule has 1 N–H and O–H groups in total. The van der Waals surface area contributed by atoms with Gasteiger partial charge in [-0.3, -0.25) is 9.59 Å². The Morgan fingerprint density at radius 2 is 1.97 bits per heavy atom. The van der Waals surface area contributed by atoms with Crippen molar-refractivity contribution in [2.24, 2.45) is 0 Å². The molecule has 168 valence electrons. The summed E-state index contributed by atoms with van der Waals surface area (Å²) in [4.78, 5) is 32.8. The van der Waals surface area contributed by atoms with Gasteiger partial charge < -0.3 is 19.3 Å². The molecule has 2 aromatic rings. The van der Waals surface area contributed by atoms with E-state index >= 15 is 0 Å². The SMILES string of the molecule is N#Cc1ccc(N2CCC(N3CCC(OCCOc4cn[nH]c(=O)c4Br)C3=O)CC2)nc1. The van der Waals surface area contributed by atoms with Gasteiger partial charge in [0.25, 0.3) is 11.5 Å². The molecule has 2 aliphatic rings. The van der Waals surface area contributed by atoms with E-state index in [0.717, 1.165) is 31.7 Å². The zero-order chi connectivity index (χ0) is 22.5. The second-order valence-corrected chi connectivity index (χ2v) is 8.43. The number of hydrogen-bond donors (Lipinski definition) is 1. The van der Waals surface area contributed by atoms with Gasteiger partial charge in [0, 0.05) is 38.3 Å². The van der Waals surface area contributed by atoms with Crippen LogP contribution in [-0.2, 0) is 9.53 Å². The quantitative estimate of drug-likeness (QED) is 0.564. The Morgan fingerprint density at radius 3 is 2.69 bits per heavy atom. The zero-order valence-electron chi connectivity index (χ0n) is 17.4. The Bertz CT molecular complexity index is 1050. The lowest BCUT2D eigenvalue weighted by Gasteiger charge is -2.37. The average Bonchev–Trinajstić information content (AvgIpc) is 3.19. The van der Waals surface area contributed by atoms with Gasteiger partial charge in [-0.1, -0.05) is 0 Å². The molecule has 10 nitrogen and oxygen atoms in total. The van der Waals surface area contributed by atoms with Crippen LogP contribution in [0, 0.1) is 11.3 Å². The highest BCUT2D eigenvalue weighted by molar-refractivity contribution is 9.10.